The summed E-state index contributed by atoms with van der Waals surface area (Å²) in [5.74, 6) is 0.821. The molecule has 0 heterocycles. The highest BCUT2D eigenvalue weighted by Crippen LogP contribution is 2.01. The zero-order valence-corrected chi connectivity index (χ0v) is 8.84. The number of nitrogens with zero attached hydrogens (tertiary/aromatic N) is 1. The molecule has 0 fully saturated rings. The fraction of sp³-hybridized carbons (Fsp3) is 1.00. The van der Waals surface area contributed by atoms with Crippen LogP contribution in [0.15, 0.2) is 0 Å². The van der Waals surface area contributed by atoms with Crippen molar-refractivity contribution in [2.24, 2.45) is 11.7 Å². The summed E-state index contributed by atoms with van der Waals surface area (Å²) in [5, 5.41) is 0. The lowest BCUT2D eigenvalue weighted by atomic mass is 10.1. The molecule has 12 heavy (non-hydrogen) atoms. The van der Waals surface area contributed by atoms with Gasteiger partial charge in [0, 0.05) is 0 Å². The number of nitrogens with two attached hydrogens (primary N) is 1. The highest BCUT2D eigenvalue weighted by Gasteiger charge is 1.99. The largest absolute Gasteiger partial charge is 0.330 e. The predicted octanol–water partition coefficient (Wildman–Crippen LogP) is 1.70. The van der Waals surface area contributed by atoms with Crippen LogP contribution in [0.1, 0.15) is 33.1 Å². The third kappa shape index (κ3) is 8.02. The molecule has 0 saturated carbocycles. The molecule has 0 saturated heterocycles. The van der Waals surface area contributed by atoms with Crippen LogP contribution in [-0.4, -0.2) is 31.6 Å². The van der Waals surface area contributed by atoms with Gasteiger partial charge in [0.25, 0.3) is 0 Å². The Hall–Kier alpha value is -0.0800. The topological polar surface area (TPSA) is 29.3 Å². The van der Waals surface area contributed by atoms with Crippen molar-refractivity contribution in [3.8, 4) is 0 Å². The van der Waals surface area contributed by atoms with Crippen molar-refractivity contribution in [3.05, 3.63) is 0 Å². The molecule has 0 unspecified atom stereocenters. The molecule has 0 aromatic heterocycles. The molecule has 0 atom stereocenters. The average molecular weight is 172 g/mol. The highest BCUT2D eigenvalue weighted by molar-refractivity contribution is 4.54. The molecule has 0 aliphatic heterocycles. The van der Waals surface area contributed by atoms with Gasteiger partial charge in [0.2, 0.25) is 0 Å². The average Bonchev–Trinajstić information content (AvgIpc) is 2.01. The van der Waals surface area contributed by atoms with Gasteiger partial charge in [0.15, 0.2) is 0 Å². The van der Waals surface area contributed by atoms with Gasteiger partial charge in [0.05, 0.1) is 0 Å². The molecular formula is C10H24N2. The Morgan fingerprint density at radius 2 is 1.83 bits per heavy atom. The van der Waals surface area contributed by atoms with E-state index in [0.717, 1.165) is 18.9 Å². The van der Waals surface area contributed by atoms with Gasteiger partial charge < -0.3 is 10.6 Å². The Kier molecular flexibility index (Phi) is 7.51. The summed E-state index contributed by atoms with van der Waals surface area (Å²) in [5.41, 5.74) is 5.42. The first-order valence-corrected chi connectivity index (χ1v) is 5.05. The number of unbranched alkanes of at least 4 members (excludes halogenated alkanes) is 1. The molecule has 0 aliphatic rings. The van der Waals surface area contributed by atoms with Crippen molar-refractivity contribution in [2.45, 2.75) is 33.1 Å². The van der Waals surface area contributed by atoms with E-state index in [4.69, 9.17) is 5.73 Å². The fourth-order valence-corrected chi connectivity index (χ4v) is 1.12. The first kappa shape index (κ1) is 11.9. The van der Waals surface area contributed by atoms with E-state index in [1.807, 2.05) is 0 Å². The molecule has 0 rings (SSSR count). The molecule has 0 aromatic carbocycles. The lowest BCUT2D eigenvalue weighted by molar-refractivity contribution is 0.305. The molecule has 0 amide bonds. The molecule has 0 radical (unpaired) electrons. The minimum Gasteiger partial charge on any atom is -0.330 e. The summed E-state index contributed by atoms with van der Waals surface area (Å²) in [6.07, 6.45) is 3.70. The van der Waals surface area contributed by atoms with Gasteiger partial charge >= 0.3 is 0 Å². The number of rotatable bonds is 7. The third-order valence-corrected chi connectivity index (χ3v) is 2.08. The molecule has 2 heteroatoms. The molecule has 0 aromatic rings. The van der Waals surface area contributed by atoms with Gasteiger partial charge in [-0.05, 0) is 51.9 Å². The minimum absolute atomic E-state index is 0.821. The van der Waals surface area contributed by atoms with Crippen molar-refractivity contribution in [3.63, 3.8) is 0 Å². The van der Waals surface area contributed by atoms with Crippen molar-refractivity contribution in [1.82, 2.24) is 4.90 Å². The smallest absolute Gasteiger partial charge is 0.00194 e. The van der Waals surface area contributed by atoms with Crippen LogP contribution in [-0.2, 0) is 0 Å². The summed E-state index contributed by atoms with van der Waals surface area (Å²) < 4.78 is 0. The van der Waals surface area contributed by atoms with E-state index >= 15 is 0 Å². The lowest BCUT2D eigenvalue weighted by Crippen LogP contribution is -2.22. The van der Waals surface area contributed by atoms with Crippen LogP contribution in [0.25, 0.3) is 0 Å². The number of hydrogen-bond acceptors (Lipinski definition) is 2. The Bertz CT molecular complexity index is 91.8. The minimum atomic E-state index is 0.821. The van der Waals surface area contributed by atoms with Crippen molar-refractivity contribution >= 4 is 0 Å². The summed E-state index contributed by atoms with van der Waals surface area (Å²) in [6.45, 7) is 7.80. The van der Waals surface area contributed by atoms with E-state index in [1.165, 1.54) is 25.9 Å². The van der Waals surface area contributed by atoms with Crippen LogP contribution in [0.2, 0.25) is 0 Å². The normalized spacial score (nSPS) is 11.5. The van der Waals surface area contributed by atoms with E-state index in [1.54, 1.807) is 0 Å². The SMILES string of the molecule is CC(C)CCN(C)CCCCN. The molecule has 2 nitrogen and oxygen atoms in total. The van der Waals surface area contributed by atoms with Crippen LogP contribution >= 0.6 is 0 Å². The van der Waals surface area contributed by atoms with Gasteiger partial charge in [-0.15, -0.1) is 0 Å². The first-order chi connectivity index (χ1) is 5.66. The van der Waals surface area contributed by atoms with Gasteiger partial charge in [-0.3, -0.25) is 0 Å². The second kappa shape index (κ2) is 7.56. The second-order valence-electron chi connectivity index (χ2n) is 3.98. The molecular weight excluding hydrogens is 148 g/mol. The van der Waals surface area contributed by atoms with Crippen molar-refractivity contribution < 1.29 is 0 Å². The summed E-state index contributed by atoms with van der Waals surface area (Å²) >= 11 is 0. The Balaban J connectivity index is 3.15. The Labute approximate surface area is 77.1 Å². The van der Waals surface area contributed by atoms with E-state index in [0.29, 0.717) is 0 Å². The fourth-order valence-electron chi connectivity index (χ4n) is 1.12. The maximum atomic E-state index is 5.42. The van der Waals surface area contributed by atoms with E-state index in [9.17, 15) is 0 Å². The second-order valence-corrected chi connectivity index (χ2v) is 3.98. The van der Waals surface area contributed by atoms with Crippen LogP contribution in [0.5, 0.6) is 0 Å². The summed E-state index contributed by atoms with van der Waals surface area (Å²) in [7, 11) is 2.19. The van der Waals surface area contributed by atoms with Crippen molar-refractivity contribution in [1.29, 1.82) is 0 Å². The molecule has 0 spiro atoms. The van der Waals surface area contributed by atoms with Crippen molar-refractivity contribution in [2.75, 3.05) is 26.7 Å². The first-order valence-electron chi connectivity index (χ1n) is 5.05. The van der Waals surface area contributed by atoms with Crippen LogP contribution in [0.3, 0.4) is 0 Å². The third-order valence-electron chi connectivity index (χ3n) is 2.08. The summed E-state index contributed by atoms with van der Waals surface area (Å²) in [6, 6.07) is 0. The van der Waals surface area contributed by atoms with Gasteiger partial charge in [-0.2, -0.15) is 0 Å². The number of hydrogen-bond donors (Lipinski definition) is 1. The quantitative estimate of drug-likeness (QED) is 0.592. The molecule has 74 valence electrons. The maximum Gasteiger partial charge on any atom is -0.00194 e. The predicted molar refractivity (Wildman–Crippen MR) is 55.2 cm³/mol. The van der Waals surface area contributed by atoms with Crippen LogP contribution in [0, 0.1) is 5.92 Å². The highest BCUT2D eigenvalue weighted by atomic mass is 15.1. The van der Waals surface area contributed by atoms with Crippen LogP contribution < -0.4 is 5.73 Å². The van der Waals surface area contributed by atoms with Crippen LogP contribution in [0.4, 0.5) is 0 Å². The Morgan fingerprint density at radius 1 is 1.17 bits per heavy atom. The van der Waals surface area contributed by atoms with E-state index in [-0.39, 0.29) is 0 Å². The zero-order chi connectivity index (χ0) is 9.40. The van der Waals surface area contributed by atoms with Gasteiger partial charge in [-0.1, -0.05) is 13.8 Å². The van der Waals surface area contributed by atoms with E-state index < -0.39 is 0 Å². The maximum absolute atomic E-state index is 5.42. The lowest BCUT2D eigenvalue weighted by Gasteiger charge is -2.17. The van der Waals surface area contributed by atoms with E-state index in [2.05, 4.69) is 25.8 Å². The summed E-state index contributed by atoms with van der Waals surface area (Å²) in [4.78, 5) is 2.40. The zero-order valence-electron chi connectivity index (χ0n) is 8.84. The molecule has 2 N–H and O–H groups in total. The molecule has 0 bridgehead atoms. The van der Waals surface area contributed by atoms with Gasteiger partial charge in [0.1, 0.15) is 0 Å². The molecule has 0 aliphatic carbocycles. The monoisotopic (exact) mass is 172 g/mol. The Morgan fingerprint density at radius 3 is 2.33 bits per heavy atom. The standard InChI is InChI=1S/C10H24N2/c1-10(2)6-9-12(3)8-5-4-7-11/h10H,4-9,11H2,1-3H3. The van der Waals surface area contributed by atoms with Gasteiger partial charge in [-0.25, -0.2) is 0 Å².